The summed E-state index contributed by atoms with van der Waals surface area (Å²) in [6.07, 6.45) is -1.50. The summed E-state index contributed by atoms with van der Waals surface area (Å²) < 4.78 is 50.6. The Hall–Kier alpha value is -1.90. The van der Waals surface area contributed by atoms with Crippen LogP contribution in [0.4, 0.5) is 28.0 Å². The van der Waals surface area contributed by atoms with Crippen molar-refractivity contribution in [2.75, 3.05) is 38.0 Å². The monoisotopic (exact) mass is 320 g/mol. The van der Waals surface area contributed by atoms with Crippen molar-refractivity contribution in [3.05, 3.63) is 24.3 Å². The molecule has 2 heterocycles. The van der Waals surface area contributed by atoms with E-state index in [0.717, 1.165) is 6.20 Å². The van der Waals surface area contributed by atoms with Crippen LogP contribution < -0.4 is 5.32 Å². The van der Waals surface area contributed by atoms with Crippen molar-refractivity contribution in [3.8, 4) is 0 Å². The van der Waals surface area contributed by atoms with Crippen LogP contribution in [0.25, 0.3) is 0 Å². The standard InChI is InChI=1S/C13H16F4N4O/c14-10-8-18-3-2-11(10)19-12(22)21-5-1-4-20(6-7-21)9-13(15,16)17/h2-3,8H,1,4-7,9H2,(H,18,19,22). The number of nitrogens with one attached hydrogen (secondary N) is 1. The van der Waals surface area contributed by atoms with Crippen LogP contribution in [0.15, 0.2) is 18.5 Å². The van der Waals surface area contributed by atoms with Gasteiger partial charge in [-0.15, -0.1) is 0 Å². The number of rotatable bonds is 2. The van der Waals surface area contributed by atoms with Crippen molar-refractivity contribution in [2.45, 2.75) is 12.6 Å². The van der Waals surface area contributed by atoms with Gasteiger partial charge in [-0.25, -0.2) is 9.18 Å². The molecule has 5 nitrogen and oxygen atoms in total. The van der Waals surface area contributed by atoms with Crippen molar-refractivity contribution in [1.29, 1.82) is 0 Å². The quantitative estimate of drug-likeness (QED) is 0.851. The molecule has 0 aliphatic carbocycles. The molecule has 1 saturated heterocycles. The normalized spacial score (nSPS) is 17.2. The Kier molecular flexibility index (Phi) is 5.17. The number of urea groups is 1. The predicted octanol–water partition coefficient (Wildman–Crippen LogP) is 2.32. The van der Waals surface area contributed by atoms with Gasteiger partial charge in [0.25, 0.3) is 0 Å². The van der Waals surface area contributed by atoms with E-state index in [0.29, 0.717) is 13.0 Å². The minimum atomic E-state index is -4.25. The Labute approximate surface area is 124 Å². The van der Waals surface area contributed by atoms with Crippen LogP contribution in [0.2, 0.25) is 0 Å². The Bertz CT molecular complexity index is 523. The number of carbonyl (C=O) groups is 1. The van der Waals surface area contributed by atoms with Gasteiger partial charge in [-0.05, 0) is 12.5 Å². The summed E-state index contributed by atoms with van der Waals surface area (Å²) in [5, 5.41) is 2.40. The van der Waals surface area contributed by atoms with E-state index in [1.165, 1.54) is 22.1 Å². The smallest absolute Gasteiger partial charge is 0.323 e. The fraction of sp³-hybridized carbons (Fsp3) is 0.538. The number of anilines is 1. The van der Waals surface area contributed by atoms with E-state index in [9.17, 15) is 22.4 Å². The van der Waals surface area contributed by atoms with Gasteiger partial charge in [0.05, 0.1) is 18.4 Å². The molecule has 122 valence electrons. The number of aromatic nitrogens is 1. The highest BCUT2D eigenvalue weighted by atomic mass is 19.4. The van der Waals surface area contributed by atoms with Crippen molar-refractivity contribution in [3.63, 3.8) is 0 Å². The number of carbonyl (C=O) groups excluding carboxylic acids is 1. The molecule has 22 heavy (non-hydrogen) atoms. The molecule has 1 N–H and O–H groups in total. The minimum absolute atomic E-state index is 0.00334. The van der Waals surface area contributed by atoms with Gasteiger partial charge in [-0.2, -0.15) is 13.2 Å². The lowest BCUT2D eigenvalue weighted by Gasteiger charge is -2.23. The van der Waals surface area contributed by atoms with Crippen LogP contribution in [0.5, 0.6) is 0 Å². The lowest BCUT2D eigenvalue weighted by Crippen LogP contribution is -2.40. The summed E-state index contributed by atoms with van der Waals surface area (Å²) in [6.45, 7) is -0.0956. The fourth-order valence-electron chi connectivity index (χ4n) is 2.26. The summed E-state index contributed by atoms with van der Waals surface area (Å²) in [6, 6.07) is 0.792. The van der Waals surface area contributed by atoms with Crippen LogP contribution in [-0.2, 0) is 0 Å². The molecular formula is C13H16F4N4O. The summed E-state index contributed by atoms with van der Waals surface area (Å²) in [5.41, 5.74) is -0.00334. The largest absolute Gasteiger partial charge is 0.401 e. The predicted molar refractivity (Wildman–Crippen MR) is 71.9 cm³/mol. The third kappa shape index (κ3) is 4.83. The van der Waals surface area contributed by atoms with E-state index in [-0.39, 0.29) is 25.3 Å². The van der Waals surface area contributed by atoms with Gasteiger partial charge in [0, 0.05) is 32.4 Å². The van der Waals surface area contributed by atoms with Crippen LogP contribution in [0, 0.1) is 5.82 Å². The van der Waals surface area contributed by atoms with Crippen LogP contribution in [-0.4, -0.2) is 59.7 Å². The third-order valence-electron chi connectivity index (χ3n) is 3.29. The molecule has 1 aliphatic heterocycles. The highest BCUT2D eigenvalue weighted by Crippen LogP contribution is 2.18. The molecule has 1 aliphatic rings. The molecule has 9 heteroatoms. The van der Waals surface area contributed by atoms with Crippen LogP contribution >= 0.6 is 0 Å². The van der Waals surface area contributed by atoms with Gasteiger partial charge in [0.2, 0.25) is 0 Å². The van der Waals surface area contributed by atoms with Gasteiger partial charge in [0.1, 0.15) is 0 Å². The second-order valence-corrected chi connectivity index (χ2v) is 5.02. The zero-order valence-electron chi connectivity index (χ0n) is 11.7. The highest BCUT2D eigenvalue weighted by molar-refractivity contribution is 5.89. The second kappa shape index (κ2) is 6.91. The third-order valence-corrected chi connectivity index (χ3v) is 3.29. The first-order chi connectivity index (χ1) is 10.3. The van der Waals surface area contributed by atoms with Crippen LogP contribution in [0.3, 0.4) is 0 Å². The molecule has 0 bridgehead atoms. The molecule has 0 aromatic carbocycles. The maximum Gasteiger partial charge on any atom is 0.401 e. The van der Waals surface area contributed by atoms with Crippen LogP contribution in [0.1, 0.15) is 6.42 Å². The number of pyridine rings is 1. The average molecular weight is 320 g/mol. The molecule has 1 aromatic rings. The van der Waals surface area contributed by atoms with Crippen molar-refractivity contribution < 1.29 is 22.4 Å². The van der Waals surface area contributed by atoms with E-state index in [1.54, 1.807) is 0 Å². The number of amides is 2. The van der Waals surface area contributed by atoms with Crippen molar-refractivity contribution in [2.24, 2.45) is 0 Å². The Balaban J connectivity index is 1.91. The van der Waals surface area contributed by atoms with E-state index in [2.05, 4.69) is 10.3 Å². The average Bonchev–Trinajstić information content (AvgIpc) is 2.65. The Morgan fingerprint density at radius 3 is 2.73 bits per heavy atom. The molecule has 2 rings (SSSR count). The zero-order chi connectivity index (χ0) is 16.2. The summed E-state index contributed by atoms with van der Waals surface area (Å²) in [7, 11) is 0. The lowest BCUT2D eigenvalue weighted by atomic mass is 10.3. The van der Waals surface area contributed by atoms with Gasteiger partial charge in [-0.1, -0.05) is 0 Å². The number of hydrogen-bond donors (Lipinski definition) is 1. The van der Waals surface area contributed by atoms with E-state index >= 15 is 0 Å². The molecule has 0 atom stereocenters. The van der Waals surface area contributed by atoms with E-state index < -0.39 is 24.6 Å². The highest BCUT2D eigenvalue weighted by Gasteiger charge is 2.31. The number of alkyl halides is 3. The summed E-state index contributed by atoms with van der Waals surface area (Å²) in [5.74, 6) is -0.663. The zero-order valence-corrected chi connectivity index (χ0v) is 11.7. The second-order valence-electron chi connectivity index (χ2n) is 5.02. The first-order valence-electron chi connectivity index (χ1n) is 6.80. The maximum absolute atomic E-state index is 13.4. The van der Waals surface area contributed by atoms with E-state index in [4.69, 9.17) is 0 Å². The molecule has 1 aromatic heterocycles. The molecule has 2 amide bonds. The summed E-state index contributed by atoms with van der Waals surface area (Å²) >= 11 is 0. The first-order valence-corrected chi connectivity index (χ1v) is 6.80. The van der Waals surface area contributed by atoms with Gasteiger partial charge in [0.15, 0.2) is 5.82 Å². The molecule has 0 saturated carbocycles. The molecule has 1 fully saturated rings. The Morgan fingerprint density at radius 1 is 1.27 bits per heavy atom. The molecule has 0 spiro atoms. The Morgan fingerprint density at radius 2 is 2.05 bits per heavy atom. The lowest BCUT2D eigenvalue weighted by molar-refractivity contribution is -0.145. The number of nitrogens with zero attached hydrogens (tertiary/aromatic N) is 3. The molecule has 0 unspecified atom stereocenters. The first kappa shape index (κ1) is 16.5. The number of halogens is 4. The van der Waals surface area contributed by atoms with Gasteiger partial charge < -0.3 is 10.2 Å². The maximum atomic E-state index is 13.4. The summed E-state index contributed by atoms with van der Waals surface area (Å²) in [4.78, 5) is 18.3. The molecular weight excluding hydrogens is 304 g/mol. The molecule has 0 radical (unpaired) electrons. The minimum Gasteiger partial charge on any atom is -0.323 e. The van der Waals surface area contributed by atoms with E-state index in [1.807, 2.05) is 0 Å². The fourth-order valence-corrected chi connectivity index (χ4v) is 2.26. The number of hydrogen-bond acceptors (Lipinski definition) is 3. The van der Waals surface area contributed by atoms with Crippen molar-refractivity contribution >= 4 is 11.7 Å². The SMILES string of the molecule is O=C(Nc1ccncc1F)N1CCCN(CC(F)(F)F)CC1. The van der Waals surface area contributed by atoms with Gasteiger partial charge >= 0.3 is 12.2 Å². The topological polar surface area (TPSA) is 48.5 Å². The van der Waals surface area contributed by atoms with Crippen molar-refractivity contribution in [1.82, 2.24) is 14.8 Å². The van der Waals surface area contributed by atoms with Gasteiger partial charge in [-0.3, -0.25) is 9.88 Å².